The number of rotatable bonds is 4. The molecule has 0 unspecified atom stereocenters. The molecular weight excluding hydrogens is 711 g/mol. The first-order valence-electron chi connectivity index (χ1n) is 20.9. The fraction of sp³-hybridized carbons (Fsp3) is 0.103. The Labute approximate surface area is 345 Å². The average molecular weight is 754 g/mol. The quantitative estimate of drug-likeness (QED) is 0.162. The van der Waals surface area contributed by atoms with Crippen molar-refractivity contribution in [2.75, 3.05) is 4.90 Å². The van der Waals surface area contributed by atoms with Gasteiger partial charge in [-0.25, -0.2) is 0 Å². The Morgan fingerprint density at radius 3 is 1.68 bits per heavy atom. The molecular formula is C58H43N. The van der Waals surface area contributed by atoms with E-state index < -0.39 is 0 Å². The molecule has 0 spiro atoms. The van der Waals surface area contributed by atoms with Crippen molar-refractivity contribution in [3.63, 3.8) is 0 Å². The number of hydrogen-bond donors (Lipinski definition) is 0. The van der Waals surface area contributed by atoms with Gasteiger partial charge in [-0.05, 0) is 130 Å². The Morgan fingerprint density at radius 2 is 0.864 bits per heavy atom. The predicted octanol–water partition coefficient (Wildman–Crippen LogP) is 16.0. The molecule has 0 fully saturated rings. The monoisotopic (exact) mass is 753 g/mol. The molecule has 0 saturated carbocycles. The van der Waals surface area contributed by atoms with Crippen LogP contribution in [0.5, 0.6) is 0 Å². The summed E-state index contributed by atoms with van der Waals surface area (Å²) in [5.41, 5.74) is 16.5. The zero-order valence-electron chi connectivity index (χ0n) is 33.8. The van der Waals surface area contributed by atoms with Gasteiger partial charge >= 0.3 is 0 Å². The third kappa shape index (κ3) is 4.79. The van der Waals surface area contributed by atoms with Gasteiger partial charge in [0.25, 0.3) is 0 Å². The summed E-state index contributed by atoms with van der Waals surface area (Å²) in [4.78, 5) is 2.51. The molecule has 59 heavy (non-hydrogen) atoms. The molecule has 0 aliphatic heterocycles. The highest BCUT2D eigenvalue weighted by molar-refractivity contribution is 6.18. The van der Waals surface area contributed by atoms with Gasteiger partial charge < -0.3 is 4.90 Å². The fourth-order valence-corrected chi connectivity index (χ4v) is 10.9. The van der Waals surface area contributed by atoms with Gasteiger partial charge in [0, 0.05) is 27.6 Å². The summed E-state index contributed by atoms with van der Waals surface area (Å²) in [6.07, 6.45) is 0. The van der Waals surface area contributed by atoms with Crippen LogP contribution in [0.15, 0.2) is 188 Å². The number of fused-ring (bicyclic) bond motifs is 9. The lowest BCUT2D eigenvalue weighted by atomic mass is 9.67. The largest absolute Gasteiger partial charge is 0.310 e. The van der Waals surface area contributed by atoms with Gasteiger partial charge in [-0.3, -0.25) is 0 Å². The van der Waals surface area contributed by atoms with E-state index in [0.29, 0.717) is 0 Å². The summed E-state index contributed by atoms with van der Waals surface area (Å²) >= 11 is 0. The Morgan fingerprint density at radius 1 is 0.322 bits per heavy atom. The van der Waals surface area contributed by atoms with Crippen molar-refractivity contribution in [1.82, 2.24) is 0 Å². The van der Waals surface area contributed by atoms with Crippen LogP contribution in [0, 0.1) is 0 Å². The summed E-state index contributed by atoms with van der Waals surface area (Å²) in [7, 11) is 0. The van der Waals surface area contributed by atoms with Crippen molar-refractivity contribution in [3.8, 4) is 33.4 Å². The van der Waals surface area contributed by atoms with Gasteiger partial charge in [-0.1, -0.05) is 179 Å². The fourth-order valence-electron chi connectivity index (χ4n) is 10.9. The first kappa shape index (κ1) is 34.1. The normalized spacial score (nSPS) is 14.4. The van der Waals surface area contributed by atoms with Gasteiger partial charge in [0.05, 0.1) is 5.69 Å². The topological polar surface area (TPSA) is 3.24 Å². The number of anilines is 3. The van der Waals surface area contributed by atoms with Gasteiger partial charge in [-0.2, -0.15) is 0 Å². The molecule has 10 aromatic carbocycles. The van der Waals surface area contributed by atoms with Gasteiger partial charge in [-0.15, -0.1) is 0 Å². The van der Waals surface area contributed by atoms with Crippen molar-refractivity contribution in [3.05, 3.63) is 210 Å². The van der Waals surface area contributed by atoms with Crippen molar-refractivity contribution in [1.29, 1.82) is 0 Å². The Bertz CT molecular complexity index is 3390. The van der Waals surface area contributed by atoms with E-state index in [1.165, 1.54) is 110 Å². The van der Waals surface area contributed by atoms with E-state index in [4.69, 9.17) is 0 Å². The van der Waals surface area contributed by atoms with E-state index in [1.807, 2.05) is 0 Å². The minimum absolute atomic E-state index is 0.115. The smallest absolute Gasteiger partial charge is 0.0540 e. The first-order chi connectivity index (χ1) is 28.8. The van der Waals surface area contributed by atoms with E-state index in [0.717, 1.165) is 5.69 Å². The molecule has 12 rings (SSSR count). The molecule has 1 heteroatoms. The SMILES string of the molecule is CC1(C)c2ccccc2-c2ccc(N(c3ccc4c(c3)C(C)(C)c3cccc5ccc(-c6cc7ccccc7c7ccccc67)c-4c35)c3cccc4ccccc34)cc21. The minimum Gasteiger partial charge on any atom is -0.310 e. The highest BCUT2D eigenvalue weighted by Gasteiger charge is 2.38. The van der Waals surface area contributed by atoms with Crippen molar-refractivity contribution < 1.29 is 0 Å². The molecule has 0 N–H and O–H groups in total. The maximum absolute atomic E-state index is 2.51. The molecule has 1 nitrogen and oxygen atoms in total. The molecule has 0 saturated heterocycles. The standard InChI is InChI=1S/C58H43N/c1-57(2)50-24-12-11-23-45(50)46-31-28-39(34-52(46)57)59(54-26-14-17-36-15-5-8-20-42(36)54)40-29-32-48-53(35-40)58(3,4)51-25-13-18-37-27-30-47(56(48)55(37)51)49-33-38-16-6-7-19-41(38)43-21-9-10-22-44(43)49/h5-35H,1-4H3. The Hall–Kier alpha value is -6.96. The lowest BCUT2D eigenvalue weighted by Crippen LogP contribution is -2.24. The average Bonchev–Trinajstić information content (AvgIpc) is 3.50. The Kier molecular flexibility index (Phi) is 7.10. The molecule has 280 valence electrons. The van der Waals surface area contributed by atoms with Crippen LogP contribution in [0.3, 0.4) is 0 Å². The molecule has 0 radical (unpaired) electrons. The van der Waals surface area contributed by atoms with Crippen molar-refractivity contribution in [2.24, 2.45) is 0 Å². The van der Waals surface area contributed by atoms with Crippen LogP contribution in [-0.2, 0) is 10.8 Å². The molecule has 2 aliphatic carbocycles. The molecule has 0 aromatic heterocycles. The number of benzene rings is 10. The van der Waals surface area contributed by atoms with E-state index in [1.54, 1.807) is 0 Å². The van der Waals surface area contributed by atoms with Crippen LogP contribution in [-0.4, -0.2) is 0 Å². The summed E-state index contributed by atoms with van der Waals surface area (Å²) in [5, 5.41) is 10.2. The number of nitrogens with zero attached hydrogens (tertiary/aromatic N) is 1. The van der Waals surface area contributed by atoms with Gasteiger partial charge in [0.1, 0.15) is 0 Å². The van der Waals surface area contributed by atoms with Crippen LogP contribution in [0.2, 0.25) is 0 Å². The lowest BCUT2D eigenvalue weighted by Gasteiger charge is -2.37. The maximum atomic E-state index is 2.51. The molecule has 0 amide bonds. The Balaban J connectivity index is 1.12. The minimum atomic E-state index is -0.256. The zero-order chi connectivity index (χ0) is 39.6. The molecule has 0 bridgehead atoms. The van der Waals surface area contributed by atoms with Crippen LogP contribution in [0.4, 0.5) is 17.1 Å². The molecule has 10 aromatic rings. The lowest BCUT2D eigenvalue weighted by molar-refractivity contribution is 0.645. The zero-order valence-corrected chi connectivity index (χ0v) is 33.8. The van der Waals surface area contributed by atoms with E-state index in [-0.39, 0.29) is 10.8 Å². The third-order valence-electron chi connectivity index (χ3n) is 13.8. The van der Waals surface area contributed by atoms with Gasteiger partial charge in [0.2, 0.25) is 0 Å². The molecule has 0 heterocycles. The van der Waals surface area contributed by atoms with Crippen LogP contribution in [0.1, 0.15) is 49.9 Å². The second-order valence-corrected chi connectivity index (χ2v) is 17.7. The summed E-state index contributed by atoms with van der Waals surface area (Å²) in [6.45, 7) is 9.59. The second kappa shape index (κ2) is 12.3. The predicted molar refractivity (Wildman–Crippen MR) is 252 cm³/mol. The van der Waals surface area contributed by atoms with Crippen molar-refractivity contribution >= 4 is 60.2 Å². The van der Waals surface area contributed by atoms with Crippen LogP contribution in [0.25, 0.3) is 76.5 Å². The summed E-state index contributed by atoms with van der Waals surface area (Å²) < 4.78 is 0. The van der Waals surface area contributed by atoms with E-state index in [9.17, 15) is 0 Å². The third-order valence-corrected chi connectivity index (χ3v) is 13.8. The van der Waals surface area contributed by atoms with Gasteiger partial charge in [0.15, 0.2) is 0 Å². The van der Waals surface area contributed by atoms with Crippen molar-refractivity contribution in [2.45, 2.75) is 38.5 Å². The highest BCUT2D eigenvalue weighted by atomic mass is 15.1. The molecule has 0 atom stereocenters. The van der Waals surface area contributed by atoms with Crippen LogP contribution < -0.4 is 4.90 Å². The van der Waals surface area contributed by atoms with E-state index in [2.05, 4.69) is 221 Å². The van der Waals surface area contributed by atoms with Crippen LogP contribution >= 0.6 is 0 Å². The first-order valence-corrected chi connectivity index (χ1v) is 20.9. The number of hydrogen-bond acceptors (Lipinski definition) is 1. The maximum Gasteiger partial charge on any atom is 0.0540 e. The summed E-state index contributed by atoms with van der Waals surface area (Å²) in [6, 6.07) is 70.7. The van der Waals surface area contributed by atoms with E-state index >= 15 is 0 Å². The second-order valence-electron chi connectivity index (χ2n) is 17.7. The highest BCUT2D eigenvalue weighted by Crippen LogP contribution is 2.55. The molecule has 2 aliphatic rings. The summed E-state index contributed by atoms with van der Waals surface area (Å²) in [5.74, 6) is 0.